The number of pyridine rings is 1. The van der Waals surface area contributed by atoms with E-state index in [4.69, 9.17) is 0 Å². The van der Waals surface area contributed by atoms with Crippen molar-refractivity contribution in [2.75, 3.05) is 17.6 Å². The summed E-state index contributed by atoms with van der Waals surface area (Å²) in [6.07, 6.45) is 8.80. The SMILES string of the molecule is CCCNc1ncccc1CSCC1CCCC1. The Labute approximate surface area is 115 Å². The zero-order valence-corrected chi connectivity index (χ0v) is 12.1. The summed E-state index contributed by atoms with van der Waals surface area (Å²) in [5, 5.41) is 3.42. The van der Waals surface area contributed by atoms with Gasteiger partial charge in [0.1, 0.15) is 5.82 Å². The van der Waals surface area contributed by atoms with Gasteiger partial charge in [0.25, 0.3) is 0 Å². The molecule has 18 heavy (non-hydrogen) atoms. The summed E-state index contributed by atoms with van der Waals surface area (Å²) in [4.78, 5) is 4.44. The summed E-state index contributed by atoms with van der Waals surface area (Å²) < 4.78 is 0. The van der Waals surface area contributed by atoms with Gasteiger partial charge in [-0.15, -0.1) is 0 Å². The number of anilines is 1. The Kier molecular flexibility index (Phi) is 5.85. The smallest absolute Gasteiger partial charge is 0.129 e. The van der Waals surface area contributed by atoms with E-state index in [0.29, 0.717) is 0 Å². The summed E-state index contributed by atoms with van der Waals surface area (Å²) >= 11 is 2.07. The molecule has 0 aromatic carbocycles. The van der Waals surface area contributed by atoms with Crippen molar-refractivity contribution in [3.63, 3.8) is 0 Å². The van der Waals surface area contributed by atoms with E-state index in [0.717, 1.165) is 30.5 Å². The molecule has 1 heterocycles. The van der Waals surface area contributed by atoms with Gasteiger partial charge in [0.2, 0.25) is 0 Å². The molecule has 3 heteroatoms. The Morgan fingerprint density at radius 1 is 1.39 bits per heavy atom. The van der Waals surface area contributed by atoms with Crippen molar-refractivity contribution >= 4 is 17.6 Å². The number of hydrogen-bond acceptors (Lipinski definition) is 3. The second-order valence-electron chi connectivity index (χ2n) is 5.10. The van der Waals surface area contributed by atoms with Crippen molar-refractivity contribution in [3.8, 4) is 0 Å². The van der Waals surface area contributed by atoms with Crippen LogP contribution in [0, 0.1) is 5.92 Å². The van der Waals surface area contributed by atoms with E-state index in [1.165, 1.54) is 37.0 Å². The van der Waals surface area contributed by atoms with Crippen molar-refractivity contribution < 1.29 is 0 Å². The molecule has 0 spiro atoms. The number of aromatic nitrogens is 1. The van der Waals surface area contributed by atoms with Crippen molar-refractivity contribution in [1.29, 1.82) is 0 Å². The van der Waals surface area contributed by atoms with E-state index < -0.39 is 0 Å². The third-order valence-corrected chi connectivity index (χ3v) is 4.74. The fraction of sp³-hybridized carbons (Fsp3) is 0.667. The van der Waals surface area contributed by atoms with Crippen LogP contribution in [0.4, 0.5) is 5.82 Å². The summed E-state index contributed by atoms with van der Waals surface area (Å²) in [5.74, 6) is 4.47. The van der Waals surface area contributed by atoms with Crippen molar-refractivity contribution in [2.45, 2.75) is 44.8 Å². The number of rotatable bonds is 7. The lowest BCUT2D eigenvalue weighted by Crippen LogP contribution is -2.05. The molecule has 1 aromatic rings. The van der Waals surface area contributed by atoms with Crippen molar-refractivity contribution in [2.24, 2.45) is 5.92 Å². The van der Waals surface area contributed by atoms with E-state index in [9.17, 15) is 0 Å². The highest BCUT2D eigenvalue weighted by Gasteiger charge is 2.14. The largest absolute Gasteiger partial charge is 0.370 e. The van der Waals surface area contributed by atoms with E-state index in [1.807, 2.05) is 12.3 Å². The number of nitrogens with one attached hydrogen (secondary N) is 1. The molecule has 100 valence electrons. The molecule has 2 rings (SSSR count). The van der Waals surface area contributed by atoms with Crippen LogP contribution in [-0.2, 0) is 5.75 Å². The molecule has 1 saturated carbocycles. The molecule has 1 aliphatic rings. The second kappa shape index (κ2) is 7.67. The average Bonchev–Trinajstić information content (AvgIpc) is 2.91. The van der Waals surface area contributed by atoms with Crippen LogP contribution >= 0.6 is 11.8 Å². The third kappa shape index (κ3) is 4.20. The van der Waals surface area contributed by atoms with E-state index in [-0.39, 0.29) is 0 Å². The fourth-order valence-electron chi connectivity index (χ4n) is 2.47. The molecule has 0 aliphatic heterocycles. The predicted molar refractivity (Wildman–Crippen MR) is 81.1 cm³/mol. The number of hydrogen-bond donors (Lipinski definition) is 1. The highest BCUT2D eigenvalue weighted by molar-refractivity contribution is 7.98. The Balaban J connectivity index is 1.79. The summed E-state index contributed by atoms with van der Waals surface area (Å²) in [6.45, 7) is 3.20. The molecule has 1 aromatic heterocycles. The summed E-state index contributed by atoms with van der Waals surface area (Å²) in [7, 11) is 0. The number of nitrogens with zero attached hydrogens (tertiary/aromatic N) is 1. The van der Waals surface area contributed by atoms with Gasteiger partial charge in [0.15, 0.2) is 0 Å². The maximum Gasteiger partial charge on any atom is 0.129 e. The van der Waals surface area contributed by atoms with E-state index in [1.54, 1.807) is 0 Å². The lowest BCUT2D eigenvalue weighted by atomic mass is 10.1. The topological polar surface area (TPSA) is 24.9 Å². The molecule has 1 N–H and O–H groups in total. The van der Waals surface area contributed by atoms with Crippen LogP contribution in [0.25, 0.3) is 0 Å². The van der Waals surface area contributed by atoms with Gasteiger partial charge in [-0.2, -0.15) is 11.8 Å². The minimum absolute atomic E-state index is 0.971. The predicted octanol–water partition coefficient (Wildman–Crippen LogP) is 4.33. The summed E-state index contributed by atoms with van der Waals surface area (Å²) in [5.41, 5.74) is 1.36. The van der Waals surface area contributed by atoms with Crippen LogP contribution in [0.5, 0.6) is 0 Å². The van der Waals surface area contributed by atoms with Crippen LogP contribution in [0.3, 0.4) is 0 Å². The van der Waals surface area contributed by atoms with Crippen LogP contribution in [0.1, 0.15) is 44.6 Å². The fourth-order valence-corrected chi connectivity index (χ4v) is 3.71. The molecule has 0 radical (unpaired) electrons. The maximum atomic E-state index is 4.44. The van der Waals surface area contributed by atoms with Gasteiger partial charge >= 0.3 is 0 Å². The van der Waals surface area contributed by atoms with Crippen LogP contribution in [0.15, 0.2) is 18.3 Å². The first-order chi connectivity index (χ1) is 8.90. The Hall–Kier alpha value is -0.700. The molecule has 1 aliphatic carbocycles. The lowest BCUT2D eigenvalue weighted by molar-refractivity contribution is 0.623. The van der Waals surface area contributed by atoms with Crippen LogP contribution in [-0.4, -0.2) is 17.3 Å². The zero-order chi connectivity index (χ0) is 12.6. The van der Waals surface area contributed by atoms with E-state index in [2.05, 4.69) is 35.1 Å². The van der Waals surface area contributed by atoms with Crippen molar-refractivity contribution in [1.82, 2.24) is 4.98 Å². The monoisotopic (exact) mass is 264 g/mol. The van der Waals surface area contributed by atoms with E-state index >= 15 is 0 Å². The lowest BCUT2D eigenvalue weighted by Gasteiger charge is -2.11. The van der Waals surface area contributed by atoms with Gasteiger partial charge in [0, 0.05) is 24.1 Å². The molecule has 0 amide bonds. The van der Waals surface area contributed by atoms with Gasteiger partial charge in [-0.05, 0) is 37.0 Å². The standard InChI is InChI=1S/C15H24N2S/c1-2-9-16-15-14(8-5-10-17-15)12-18-11-13-6-3-4-7-13/h5,8,10,13H,2-4,6-7,9,11-12H2,1H3,(H,16,17). The zero-order valence-electron chi connectivity index (χ0n) is 11.3. The maximum absolute atomic E-state index is 4.44. The molecule has 0 saturated heterocycles. The Bertz CT molecular complexity index is 348. The van der Waals surface area contributed by atoms with Crippen LogP contribution in [0.2, 0.25) is 0 Å². The highest BCUT2D eigenvalue weighted by Crippen LogP contribution is 2.29. The Morgan fingerprint density at radius 3 is 3.00 bits per heavy atom. The average molecular weight is 264 g/mol. The molecular formula is C15H24N2S. The van der Waals surface area contributed by atoms with Gasteiger partial charge in [-0.25, -0.2) is 4.98 Å². The molecule has 2 nitrogen and oxygen atoms in total. The number of thioether (sulfide) groups is 1. The minimum Gasteiger partial charge on any atom is -0.370 e. The molecular weight excluding hydrogens is 240 g/mol. The highest BCUT2D eigenvalue weighted by atomic mass is 32.2. The molecule has 1 fully saturated rings. The minimum atomic E-state index is 0.971. The first-order valence-corrected chi connectivity index (χ1v) is 8.31. The third-order valence-electron chi connectivity index (χ3n) is 3.52. The second-order valence-corrected chi connectivity index (χ2v) is 6.13. The van der Waals surface area contributed by atoms with Crippen molar-refractivity contribution in [3.05, 3.63) is 23.9 Å². The Morgan fingerprint density at radius 2 is 2.22 bits per heavy atom. The molecule has 0 unspecified atom stereocenters. The normalized spacial score (nSPS) is 16.1. The summed E-state index contributed by atoms with van der Waals surface area (Å²) in [6, 6.07) is 4.25. The van der Waals surface area contributed by atoms with Gasteiger partial charge in [-0.3, -0.25) is 0 Å². The first kappa shape index (κ1) is 13.7. The van der Waals surface area contributed by atoms with Gasteiger partial charge < -0.3 is 5.32 Å². The molecule has 0 atom stereocenters. The first-order valence-electron chi connectivity index (χ1n) is 7.15. The van der Waals surface area contributed by atoms with Gasteiger partial charge in [-0.1, -0.05) is 25.8 Å². The van der Waals surface area contributed by atoms with Crippen LogP contribution < -0.4 is 5.32 Å². The van der Waals surface area contributed by atoms with Gasteiger partial charge in [0.05, 0.1) is 0 Å². The quantitative estimate of drug-likeness (QED) is 0.793. The molecule has 0 bridgehead atoms.